The van der Waals surface area contributed by atoms with Crippen molar-refractivity contribution in [1.82, 2.24) is 19.9 Å². The van der Waals surface area contributed by atoms with Gasteiger partial charge >= 0.3 is 0 Å². The number of aromatic nitrogens is 4. The van der Waals surface area contributed by atoms with Gasteiger partial charge in [-0.3, -0.25) is 9.97 Å². The molecule has 0 atom stereocenters. The topological polar surface area (TPSA) is 75.6 Å². The van der Waals surface area contributed by atoms with E-state index in [0.29, 0.717) is 12.5 Å². The molecule has 18 heavy (non-hydrogen) atoms. The van der Waals surface area contributed by atoms with Gasteiger partial charge in [0.05, 0.1) is 24.1 Å². The lowest BCUT2D eigenvalue weighted by Crippen LogP contribution is -2.06. The van der Waals surface area contributed by atoms with Crippen LogP contribution in [0.4, 0.5) is 11.8 Å². The van der Waals surface area contributed by atoms with Gasteiger partial charge in [-0.25, -0.2) is 4.98 Å². The molecular formula is C12H16N6. The van der Waals surface area contributed by atoms with Crippen LogP contribution in [-0.2, 0) is 6.54 Å². The standard InChI is InChI=1S/C12H16N6/c1-8-4-11(18-12(13-3)17-8)16-7-10-6-14-9(2)5-15-10/h4-6H,7H2,1-3H3,(H2,13,16,17,18). The largest absolute Gasteiger partial charge is 0.364 e. The molecule has 0 unspecified atom stereocenters. The van der Waals surface area contributed by atoms with Crippen molar-refractivity contribution in [2.75, 3.05) is 17.7 Å². The Morgan fingerprint density at radius 3 is 2.56 bits per heavy atom. The Labute approximate surface area is 106 Å². The predicted molar refractivity (Wildman–Crippen MR) is 70.4 cm³/mol. The summed E-state index contributed by atoms with van der Waals surface area (Å²) in [5, 5.41) is 6.13. The summed E-state index contributed by atoms with van der Waals surface area (Å²) in [6.07, 6.45) is 3.51. The Hall–Kier alpha value is -2.24. The summed E-state index contributed by atoms with van der Waals surface area (Å²) < 4.78 is 0. The summed E-state index contributed by atoms with van der Waals surface area (Å²) in [6.45, 7) is 4.43. The molecule has 2 aromatic heterocycles. The fourth-order valence-corrected chi connectivity index (χ4v) is 1.46. The fraction of sp³-hybridized carbons (Fsp3) is 0.333. The highest BCUT2D eigenvalue weighted by Gasteiger charge is 2.01. The molecule has 0 aromatic carbocycles. The minimum atomic E-state index is 0.590. The first-order chi connectivity index (χ1) is 8.67. The van der Waals surface area contributed by atoms with E-state index < -0.39 is 0 Å². The van der Waals surface area contributed by atoms with Crippen molar-refractivity contribution in [1.29, 1.82) is 0 Å². The van der Waals surface area contributed by atoms with Gasteiger partial charge in [0.1, 0.15) is 5.82 Å². The zero-order valence-electron chi connectivity index (χ0n) is 10.7. The molecule has 0 amide bonds. The summed E-state index contributed by atoms with van der Waals surface area (Å²) in [4.78, 5) is 17.0. The highest BCUT2D eigenvalue weighted by molar-refractivity contribution is 5.41. The average Bonchev–Trinajstić information content (AvgIpc) is 2.37. The molecule has 0 radical (unpaired) electrons. The van der Waals surface area contributed by atoms with Crippen molar-refractivity contribution >= 4 is 11.8 Å². The van der Waals surface area contributed by atoms with Crippen LogP contribution in [0, 0.1) is 13.8 Å². The first-order valence-corrected chi connectivity index (χ1v) is 5.72. The molecule has 0 aliphatic rings. The maximum atomic E-state index is 4.30. The third-order valence-electron chi connectivity index (χ3n) is 2.36. The van der Waals surface area contributed by atoms with Crippen LogP contribution in [0.25, 0.3) is 0 Å². The minimum Gasteiger partial charge on any atom is -0.364 e. The molecule has 6 heteroatoms. The number of hydrogen-bond acceptors (Lipinski definition) is 6. The van der Waals surface area contributed by atoms with Crippen molar-refractivity contribution in [3.05, 3.63) is 35.5 Å². The second-order valence-electron chi connectivity index (χ2n) is 3.97. The zero-order valence-corrected chi connectivity index (χ0v) is 10.7. The van der Waals surface area contributed by atoms with Gasteiger partial charge in [0, 0.05) is 25.0 Å². The summed E-state index contributed by atoms with van der Waals surface area (Å²) in [5.74, 6) is 1.38. The molecule has 0 bridgehead atoms. The number of aryl methyl sites for hydroxylation is 2. The van der Waals surface area contributed by atoms with Gasteiger partial charge in [0.25, 0.3) is 0 Å². The van der Waals surface area contributed by atoms with Crippen LogP contribution in [0.3, 0.4) is 0 Å². The molecule has 0 saturated carbocycles. The van der Waals surface area contributed by atoms with Gasteiger partial charge in [0.15, 0.2) is 0 Å². The molecular weight excluding hydrogens is 228 g/mol. The monoisotopic (exact) mass is 244 g/mol. The lowest BCUT2D eigenvalue weighted by atomic mass is 10.4. The Balaban J connectivity index is 2.05. The van der Waals surface area contributed by atoms with Crippen molar-refractivity contribution in [2.45, 2.75) is 20.4 Å². The molecule has 2 N–H and O–H groups in total. The second kappa shape index (κ2) is 5.39. The van der Waals surface area contributed by atoms with Crippen LogP contribution in [0.2, 0.25) is 0 Å². The van der Waals surface area contributed by atoms with Crippen LogP contribution >= 0.6 is 0 Å². The first kappa shape index (κ1) is 12.2. The van der Waals surface area contributed by atoms with Crippen molar-refractivity contribution in [3.63, 3.8) is 0 Å². The van der Waals surface area contributed by atoms with E-state index in [1.54, 1.807) is 19.4 Å². The maximum absolute atomic E-state index is 4.30. The molecule has 0 saturated heterocycles. The lowest BCUT2D eigenvalue weighted by molar-refractivity contribution is 0.970. The summed E-state index contributed by atoms with van der Waals surface area (Å²) in [6, 6.07) is 1.89. The van der Waals surface area contributed by atoms with E-state index in [2.05, 4.69) is 30.6 Å². The smallest absolute Gasteiger partial charge is 0.224 e. The van der Waals surface area contributed by atoms with Gasteiger partial charge in [-0.15, -0.1) is 0 Å². The van der Waals surface area contributed by atoms with E-state index in [1.165, 1.54) is 0 Å². The molecule has 94 valence electrons. The number of nitrogens with one attached hydrogen (secondary N) is 2. The van der Waals surface area contributed by atoms with E-state index in [4.69, 9.17) is 0 Å². The number of nitrogens with zero attached hydrogens (tertiary/aromatic N) is 4. The number of hydrogen-bond donors (Lipinski definition) is 2. The quantitative estimate of drug-likeness (QED) is 0.849. The zero-order chi connectivity index (χ0) is 13.0. The van der Waals surface area contributed by atoms with Crippen molar-refractivity contribution in [3.8, 4) is 0 Å². The van der Waals surface area contributed by atoms with E-state index in [-0.39, 0.29) is 0 Å². The molecule has 2 aromatic rings. The fourth-order valence-electron chi connectivity index (χ4n) is 1.46. The third kappa shape index (κ3) is 3.13. The van der Waals surface area contributed by atoms with Gasteiger partial charge in [0.2, 0.25) is 5.95 Å². The number of rotatable bonds is 4. The lowest BCUT2D eigenvalue weighted by Gasteiger charge is -2.07. The molecule has 2 rings (SSSR count). The Kier molecular flexibility index (Phi) is 3.66. The second-order valence-corrected chi connectivity index (χ2v) is 3.97. The van der Waals surface area contributed by atoms with Gasteiger partial charge < -0.3 is 10.6 Å². The normalized spacial score (nSPS) is 10.2. The van der Waals surface area contributed by atoms with Crippen LogP contribution < -0.4 is 10.6 Å². The molecule has 0 aliphatic heterocycles. The van der Waals surface area contributed by atoms with E-state index in [1.807, 2.05) is 19.9 Å². The third-order valence-corrected chi connectivity index (χ3v) is 2.36. The number of anilines is 2. The molecule has 0 spiro atoms. The van der Waals surface area contributed by atoms with Gasteiger partial charge in [-0.2, -0.15) is 4.98 Å². The van der Waals surface area contributed by atoms with E-state index in [9.17, 15) is 0 Å². The van der Waals surface area contributed by atoms with E-state index >= 15 is 0 Å². The molecule has 2 heterocycles. The highest BCUT2D eigenvalue weighted by Crippen LogP contribution is 2.09. The molecule has 6 nitrogen and oxygen atoms in total. The van der Waals surface area contributed by atoms with Crippen molar-refractivity contribution in [2.24, 2.45) is 0 Å². The minimum absolute atomic E-state index is 0.590. The van der Waals surface area contributed by atoms with Crippen LogP contribution in [-0.4, -0.2) is 27.0 Å². The summed E-state index contributed by atoms with van der Waals surface area (Å²) in [5.41, 5.74) is 2.70. The van der Waals surface area contributed by atoms with E-state index in [0.717, 1.165) is 22.9 Å². The van der Waals surface area contributed by atoms with Crippen LogP contribution in [0.1, 0.15) is 17.1 Å². The molecule has 0 fully saturated rings. The Morgan fingerprint density at radius 1 is 1.06 bits per heavy atom. The van der Waals surface area contributed by atoms with Crippen LogP contribution in [0.15, 0.2) is 18.5 Å². The van der Waals surface area contributed by atoms with Gasteiger partial charge in [-0.1, -0.05) is 0 Å². The summed E-state index contributed by atoms with van der Waals surface area (Å²) >= 11 is 0. The maximum Gasteiger partial charge on any atom is 0.224 e. The Morgan fingerprint density at radius 2 is 1.89 bits per heavy atom. The summed E-state index contributed by atoms with van der Waals surface area (Å²) in [7, 11) is 1.80. The Bertz CT molecular complexity index is 523. The van der Waals surface area contributed by atoms with Crippen molar-refractivity contribution < 1.29 is 0 Å². The van der Waals surface area contributed by atoms with Crippen LogP contribution in [0.5, 0.6) is 0 Å². The molecule has 0 aliphatic carbocycles. The first-order valence-electron chi connectivity index (χ1n) is 5.72. The average molecular weight is 244 g/mol. The van der Waals surface area contributed by atoms with Gasteiger partial charge in [-0.05, 0) is 13.8 Å². The SMILES string of the molecule is CNc1nc(C)cc(NCc2cnc(C)cn2)n1. The highest BCUT2D eigenvalue weighted by atomic mass is 15.1. The predicted octanol–water partition coefficient (Wildman–Crippen LogP) is 1.54.